The molecule has 1 aromatic rings. The number of nitrogens with zero attached hydrogens (tertiary/aromatic N) is 3. The number of aryl methyl sites for hydroxylation is 2. The van der Waals surface area contributed by atoms with Gasteiger partial charge in [-0.05, 0) is 66.2 Å². The molecule has 0 radical (unpaired) electrons. The number of hydrogen-bond donors (Lipinski definition) is 1. The number of aromatic nitrogens is 1. The predicted molar refractivity (Wildman–Crippen MR) is 116 cm³/mol. The maximum absolute atomic E-state index is 12.9. The predicted octanol–water partition coefficient (Wildman–Crippen LogP) is 2.96. The molecule has 1 aromatic heterocycles. The minimum absolute atomic E-state index is 0.0617. The largest absolute Gasteiger partial charge is 0.375 e. The summed E-state index contributed by atoms with van der Waals surface area (Å²) in [6.07, 6.45) is 5.92. The Labute approximate surface area is 184 Å². The fourth-order valence-electron chi connectivity index (χ4n) is 5.07. The van der Waals surface area contributed by atoms with Gasteiger partial charge in [-0.25, -0.2) is 4.79 Å². The van der Waals surface area contributed by atoms with E-state index in [1.54, 1.807) is 0 Å². The van der Waals surface area contributed by atoms with Gasteiger partial charge in [-0.1, -0.05) is 5.16 Å². The lowest BCUT2D eigenvalue weighted by molar-refractivity contribution is -0.147. The highest BCUT2D eigenvalue weighted by Crippen LogP contribution is 2.40. The summed E-state index contributed by atoms with van der Waals surface area (Å²) in [6, 6.07) is 0.779. The van der Waals surface area contributed by atoms with Crippen LogP contribution in [0, 0.1) is 13.8 Å². The maximum atomic E-state index is 12.9. The number of piperidine rings is 1. The Hall–Kier alpha value is -2.09. The molecular formula is C23H36N4O4. The van der Waals surface area contributed by atoms with Crippen molar-refractivity contribution in [3.63, 3.8) is 0 Å². The standard InChI is InChI=1S/C23H36N4O4/c1-15(2)24-22(29)27(18-5-6-18)19-7-12-30-23(14-19)8-10-26(11-9-23)21(28)13-20-16(3)25-31-17(20)4/h15,18-19H,5-14H2,1-4H3,(H,24,29). The van der Waals surface area contributed by atoms with E-state index in [1.807, 2.05) is 32.6 Å². The lowest BCUT2D eigenvalue weighted by Crippen LogP contribution is -2.57. The third-order valence-corrected chi connectivity index (χ3v) is 6.98. The lowest BCUT2D eigenvalue weighted by atomic mass is 9.81. The number of hydrogen-bond acceptors (Lipinski definition) is 5. The zero-order valence-corrected chi connectivity index (χ0v) is 19.3. The molecule has 1 spiro atoms. The summed E-state index contributed by atoms with van der Waals surface area (Å²) in [5.41, 5.74) is 1.46. The Balaban J connectivity index is 1.36. The molecule has 1 atom stereocenters. The van der Waals surface area contributed by atoms with Gasteiger partial charge in [0.1, 0.15) is 5.76 Å². The van der Waals surface area contributed by atoms with Crippen molar-refractivity contribution < 1.29 is 18.8 Å². The van der Waals surface area contributed by atoms with Gasteiger partial charge in [0.25, 0.3) is 0 Å². The molecule has 1 saturated carbocycles. The van der Waals surface area contributed by atoms with Crippen molar-refractivity contribution in [2.24, 2.45) is 0 Å². The van der Waals surface area contributed by atoms with Gasteiger partial charge < -0.3 is 24.4 Å². The Morgan fingerprint density at radius 3 is 2.48 bits per heavy atom. The van der Waals surface area contributed by atoms with Crippen molar-refractivity contribution in [2.45, 2.75) is 96.4 Å². The fraction of sp³-hybridized carbons (Fsp3) is 0.783. The van der Waals surface area contributed by atoms with E-state index in [0.717, 1.165) is 55.5 Å². The molecule has 8 nitrogen and oxygen atoms in total. The van der Waals surface area contributed by atoms with E-state index in [9.17, 15) is 9.59 Å². The van der Waals surface area contributed by atoms with Crippen LogP contribution in [0.4, 0.5) is 4.79 Å². The zero-order valence-electron chi connectivity index (χ0n) is 19.3. The molecule has 3 fully saturated rings. The molecule has 3 heterocycles. The van der Waals surface area contributed by atoms with Crippen LogP contribution in [-0.2, 0) is 16.0 Å². The summed E-state index contributed by atoms with van der Waals surface area (Å²) in [4.78, 5) is 29.8. The molecule has 1 unspecified atom stereocenters. The first-order chi connectivity index (χ1) is 14.8. The van der Waals surface area contributed by atoms with Crippen LogP contribution in [-0.4, -0.2) is 70.3 Å². The second kappa shape index (κ2) is 8.81. The molecule has 3 aliphatic rings. The third-order valence-electron chi connectivity index (χ3n) is 6.98. The van der Waals surface area contributed by atoms with Gasteiger partial charge >= 0.3 is 6.03 Å². The number of amides is 3. The van der Waals surface area contributed by atoms with Gasteiger partial charge in [0.05, 0.1) is 17.7 Å². The zero-order chi connectivity index (χ0) is 22.2. The van der Waals surface area contributed by atoms with Gasteiger partial charge in [-0.15, -0.1) is 0 Å². The van der Waals surface area contributed by atoms with Crippen molar-refractivity contribution in [1.29, 1.82) is 0 Å². The Kier molecular flexibility index (Phi) is 6.28. The van der Waals surface area contributed by atoms with Gasteiger partial charge in [-0.3, -0.25) is 4.79 Å². The van der Waals surface area contributed by atoms with Gasteiger partial charge in [0, 0.05) is 43.4 Å². The Morgan fingerprint density at radius 1 is 1.19 bits per heavy atom. The average Bonchev–Trinajstić information content (AvgIpc) is 3.50. The van der Waals surface area contributed by atoms with Gasteiger partial charge in [-0.2, -0.15) is 0 Å². The van der Waals surface area contributed by atoms with E-state index >= 15 is 0 Å². The van der Waals surface area contributed by atoms with Gasteiger partial charge in [0.15, 0.2) is 0 Å². The van der Waals surface area contributed by atoms with E-state index in [-0.39, 0.29) is 29.6 Å². The van der Waals surface area contributed by atoms with Crippen LogP contribution in [0.15, 0.2) is 4.52 Å². The number of nitrogens with one attached hydrogen (secondary N) is 1. The molecular weight excluding hydrogens is 396 g/mol. The molecule has 8 heteroatoms. The van der Waals surface area contributed by atoms with Crippen LogP contribution < -0.4 is 5.32 Å². The smallest absolute Gasteiger partial charge is 0.318 e. The van der Waals surface area contributed by atoms with E-state index in [0.29, 0.717) is 32.2 Å². The van der Waals surface area contributed by atoms with Crippen molar-refractivity contribution in [2.75, 3.05) is 19.7 Å². The van der Waals surface area contributed by atoms with E-state index in [4.69, 9.17) is 9.26 Å². The Morgan fingerprint density at radius 2 is 1.90 bits per heavy atom. The first-order valence-corrected chi connectivity index (χ1v) is 11.7. The second-order valence-electron chi connectivity index (χ2n) is 9.78. The summed E-state index contributed by atoms with van der Waals surface area (Å²) in [6.45, 7) is 9.79. The molecule has 1 N–H and O–H groups in total. The molecule has 0 bridgehead atoms. The normalized spacial score (nSPS) is 23.3. The van der Waals surface area contributed by atoms with Crippen LogP contribution in [0.2, 0.25) is 0 Å². The van der Waals surface area contributed by atoms with Crippen LogP contribution in [0.1, 0.15) is 69.4 Å². The minimum atomic E-state index is -0.228. The summed E-state index contributed by atoms with van der Waals surface area (Å²) in [5.74, 6) is 0.838. The maximum Gasteiger partial charge on any atom is 0.318 e. The third kappa shape index (κ3) is 4.89. The number of carbonyl (C=O) groups excluding carboxylic acids is 2. The number of ether oxygens (including phenoxy) is 1. The molecule has 4 rings (SSSR count). The quantitative estimate of drug-likeness (QED) is 0.773. The lowest BCUT2D eigenvalue weighted by Gasteiger charge is -2.48. The fourth-order valence-corrected chi connectivity index (χ4v) is 5.07. The average molecular weight is 433 g/mol. The van der Waals surface area contributed by atoms with Crippen LogP contribution in [0.3, 0.4) is 0 Å². The summed E-state index contributed by atoms with van der Waals surface area (Å²) >= 11 is 0. The number of rotatable bonds is 5. The van der Waals surface area contributed by atoms with Crippen molar-refractivity contribution in [1.82, 2.24) is 20.3 Å². The Bertz CT molecular complexity index is 789. The molecule has 2 aliphatic heterocycles. The second-order valence-corrected chi connectivity index (χ2v) is 9.78. The summed E-state index contributed by atoms with van der Waals surface area (Å²) in [7, 11) is 0. The minimum Gasteiger partial charge on any atom is -0.375 e. The summed E-state index contributed by atoms with van der Waals surface area (Å²) < 4.78 is 11.5. The van der Waals surface area contributed by atoms with Crippen molar-refractivity contribution in [3.05, 3.63) is 17.0 Å². The van der Waals surface area contributed by atoms with Crippen molar-refractivity contribution >= 4 is 11.9 Å². The molecule has 1 aliphatic carbocycles. The van der Waals surface area contributed by atoms with E-state index in [2.05, 4.69) is 15.4 Å². The topological polar surface area (TPSA) is 87.9 Å². The van der Waals surface area contributed by atoms with Gasteiger partial charge in [0.2, 0.25) is 5.91 Å². The molecule has 3 amide bonds. The summed E-state index contributed by atoms with van der Waals surface area (Å²) in [5, 5.41) is 7.04. The highest BCUT2D eigenvalue weighted by atomic mass is 16.5. The number of carbonyl (C=O) groups is 2. The number of likely N-dealkylation sites (tertiary alicyclic amines) is 1. The van der Waals surface area contributed by atoms with Crippen LogP contribution in [0.5, 0.6) is 0 Å². The first-order valence-electron chi connectivity index (χ1n) is 11.7. The van der Waals surface area contributed by atoms with Crippen LogP contribution in [0.25, 0.3) is 0 Å². The van der Waals surface area contributed by atoms with E-state index < -0.39 is 0 Å². The van der Waals surface area contributed by atoms with E-state index in [1.165, 1.54) is 0 Å². The highest BCUT2D eigenvalue weighted by Gasteiger charge is 2.46. The molecule has 31 heavy (non-hydrogen) atoms. The molecule has 2 saturated heterocycles. The first kappa shape index (κ1) is 22.1. The highest BCUT2D eigenvalue weighted by molar-refractivity contribution is 5.79. The molecule has 172 valence electrons. The SMILES string of the molecule is Cc1noc(C)c1CC(=O)N1CCC2(CC1)CC(N(C(=O)NC(C)C)C1CC1)CCO2. The van der Waals surface area contributed by atoms with Crippen molar-refractivity contribution in [3.8, 4) is 0 Å². The number of urea groups is 1. The van der Waals surface area contributed by atoms with Crippen LogP contribution >= 0.6 is 0 Å². The molecule has 0 aromatic carbocycles. The monoisotopic (exact) mass is 432 g/mol.